The van der Waals surface area contributed by atoms with E-state index in [4.69, 9.17) is 5.10 Å². The van der Waals surface area contributed by atoms with Crippen LogP contribution in [0.25, 0.3) is 0 Å². The second-order valence-electron chi connectivity index (χ2n) is 8.26. The van der Waals surface area contributed by atoms with Crippen LogP contribution in [0.2, 0.25) is 0 Å². The first kappa shape index (κ1) is 22.7. The average molecular weight is 387 g/mol. The van der Waals surface area contributed by atoms with E-state index in [1.807, 2.05) is 6.92 Å². The molecule has 158 valence electrons. The van der Waals surface area contributed by atoms with Crippen LogP contribution in [0.1, 0.15) is 109 Å². The molecule has 0 saturated carbocycles. The molecule has 28 heavy (non-hydrogen) atoms. The summed E-state index contributed by atoms with van der Waals surface area (Å²) in [4.78, 5) is 6.75. The van der Waals surface area contributed by atoms with Crippen molar-refractivity contribution in [2.24, 2.45) is 5.10 Å². The topological polar surface area (TPSA) is 53.1 Å². The van der Waals surface area contributed by atoms with Gasteiger partial charge in [-0.05, 0) is 57.4 Å². The van der Waals surface area contributed by atoms with E-state index in [1.54, 1.807) is 18.0 Å². The third-order valence-corrected chi connectivity index (χ3v) is 5.71. The third-order valence-electron chi connectivity index (χ3n) is 5.71. The number of nitrogens with one attached hydrogen (secondary N) is 2. The van der Waals surface area contributed by atoms with Gasteiger partial charge in [-0.3, -0.25) is 0 Å². The highest BCUT2D eigenvalue weighted by atomic mass is 15.3. The lowest BCUT2D eigenvalue weighted by Gasteiger charge is -2.12. The Kier molecular flexibility index (Phi) is 12.5. The SMILES string of the molecule is C1=C(C2=NNCCCCCCCC2)CCCCCCCCC1.Cc1ncc[nH]1. The average Bonchev–Trinajstić information content (AvgIpc) is 3.13. The summed E-state index contributed by atoms with van der Waals surface area (Å²) in [6.45, 7) is 2.97. The fourth-order valence-corrected chi connectivity index (χ4v) is 3.97. The molecule has 2 aliphatic rings. The summed E-state index contributed by atoms with van der Waals surface area (Å²) in [6, 6.07) is 0. The molecule has 0 aromatic carbocycles. The third kappa shape index (κ3) is 10.7. The molecule has 2 N–H and O–H groups in total. The van der Waals surface area contributed by atoms with Crippen molar-refractivity contribution >= 4 is 5.71 Å². The number of nitrogens with zero attached hydrogens (tertiary/aromatic N) is 2. The van der Waals surface area contributed by atoms with Crippen molar-refractivity contribution in [2.75, 3.05) is 6.54 Å². The van der Waals surface area contributed by atoms with Crippen LogP contribution in [0, 0.1) is 6.92 Å². The van der Waals surface area contributed by atoms with Gasteiger partial charge in [-0.2, -0.15) is 5.10 Å². The molecule has 4 nitrogen and oxygen atoms in total. The van der Waals surface area contributed by atoms with E-state index in [1.165, 1.54) is 108 Å². The van der Waals surface area contributed by atoms with Crippen LogP contribution in [-0.4, -0.2) is 22.2 Å². The smallest absolute Gasteiger partial charge is 0.102 e. The van der Waals surface area contributed by atoms with Crippen molar-refractivity contribution in [3.05, 3.63) is 29.9 Å². The van der Waals surface area contributed by atoms with E-state index in [0.717, 1.165) is 12.4 Å². The molecule has 0 amide bonds. The lowest BCUT2D eigenvalue weighted by atomic mass is 9.97. The summed E-state index contributed by atoms with van der Waals surface area (Å²) in [6.07, 6.45) is 27.7. The molecule has 0 atom stereocenters. The van der Waals surface area contributed by atoms with E-state index in [9.17, 15) is 0 Å². The maximum Gasteiger partial charge on any atom is 0.102 e. The Morgan fingerprint density at radius 2 is 1.39 bits per heavy atom. The molecule has 3 rings (SSSR count). The standard InChI is InChI=1S/C20H36N2.C4H6N2/c1-2-4-8-12-16-19(15-11-7-3-1)20-17-13-9-5-6-10-14-18-21-22-20;1-4-5-2-3-6-4/h15,21H,1-14,16-18H2;2-3H,1H3,(H,5,6). The van der Waals surface area contributed by atoms with Crippen LogP contribution >= 0.6 is 0 Å². The second kappa shape index (κ2) is 15.4. The normalized spacial score (nSPS) is 20.8. The summed E-state index contributed by atoms with van der Waals surface area (Å²) in [7, 11) is 0. The zero-order valence-corrected chi connectivity index (χ0v) is 18.1. The fraction of sp³-hybridized carbons (Fsp3) is 0.750. The van der Waals surface area contributed by atoms with Gasteiger partial charge in [0.1, 0.15) is 5.82 Å². The molecule has 0 unspecified atom stereocenters. The Morgan fingerprint density at radius 3 is 2.04 bits per heavy atom. The highest BCUT2D eigenvalue weighted by molar-refractivity contribution is 5.99. The van der Waals surface area contributed by atoms with Crippen LogP contribution in [0.5, 0.6) is 0 Å². The van der Waals surface area contributed by atoms with Crippen LogP contribution in [0.4, 0.5) is 0 Å². The zero-order valence-electron chi connectivity index (χ0n) is 18.1. The molecule has 0 spiro atoms. The van der Waals surface area contributed by atoms with Crippen molar-refractivity contribution in [3.63, 3.8) is 0 Å². The summed E-state index contributed by atoms with van der Waals surface area (Å²) in [5.41, 5.74) is 6.29. The quantitative estimate of drug-likeness (QED) is 0.555. The summed E-state index contributed by atoms with van der Waals surface area (Å²) < 4.78 is 0. The molecule has 1 aromatic rings. The number of hydrogen-bond acceptors (Lipinski definition) is 3. The first-order valence-corrected chi connectivity index (χ1v) is 11.8. The van der Waals surface area contributed by atoms with Crippen LogP contribution < -0.4 is 5.43 Å². The van der Waals surface area contributed by atoms with Gasteiger partial charge in [0.2, 0.25) is 0 Å². The summed E-state index contributed by atoms with van der Waals surface area (Å²) in [5.74, 6) is 0.968. The van der Waals surface area contributed by atoms with Gasteiger partial charge in [0.15, 0.2) is 0 Å². The van der Waals surface area contributed by atoms with Crippen molar-refractivity contribution in [1.29, 1.82) is 0 Å². The molecule has 1 aliphatic carbocycles. The minimum absolute atomic E-state index is 0.968. The molecule has 0 radical (unpaired) electrons. The zero-order chi connectivity index (χ0) is 19.7. The molecular weight excluding hydrogens is 344 g/mol. The van der Waals surface area contributed by atoms with Gasteiger partial charge >= 0.3 is 0 Å². The predicted molar refractivity (Wildman–Crippen MR) is 121 cm³/mol. The molecule has 1 aliphatic heterocycles. The van der Waals surface area contributed by atoms with Crippen molar-refractivity contribution in [3.8, 4) is 0 Å². The fourth-order valence-electron chi connectivity index (χ4n) is 3.97. The Bertz CT molecular complexity index is 511. The number of allylic oxidation sites excluding steroid dienone is 2. The van der Waals surface area contributed by atoms with E-state index >= 15 is 0 Å². The van der Waals surface area contributed by atoms with Gasteiger partial charge in [0, 0.05) is 18.9 Å². The number of hydrazone groups is 1. The van der Waals surface area contributed by atoms with Crippen LogP contribution in [0.15, 0.2) is 29.1 Å². The predicted octanol–water partition coefficient (Wildman–Crippen LogP) is 6.85. The van der Waals surface area contributed by atoms with Gasteiger partial charge in [-0.25, -0.2) is 4.98 Å². The highest BCUT2D eigenvalue weighted by Crippen LogP contribution is 2.20. The maximum absolute atomic E-state index is 4.80. The minimum Gasteiger partial charge on any atom is -0.349 e. The first-order chi connectivity index (χ1) is 13.9. The van der Waals surface area contributed by atoms with Crippen molar-refractivity contribution < 1.29 is 0 Å². The van der Waals surface area contributed by atoms with Gasteiger partial charge in [-0.15, -0.1) is 0 Å². The molecule has 0 saturated heterocycles. The lowest BCUT2D eigenvalue weighted by molar-refractivity contribution is 0.586. The molecule has 1 aromatic heterocycles. The van der Waals surface area contributed by atoms with Gasteiger partial charge in [-0.1, -0.05) is 63.9 Å². The van der Waals surface area contributed by atoms with Gasteiger partial charge < -0.3 is 10.4 Å². The minimum atomic E-state index is 0.968. The Morgan fingerprint density at radius 1 is 0.750 bits per heavy atom. The monoisotopic (exact) mass is 386 g/mol. The van der Waals surface area contributed by atoms with Crippen molar-refractivity contribution in [2.45, 2.75) is 110 Å². The number of H-pyrrole nitrogens is 1. The number of aromatic nitrogens is 2. The number of aryl methyl sites for hydroxylation is 1. The summed E-state index contributed by atoms with van der Waals surface area (Å²) >= 11 is 0. The van der Waals surface area contributed by atoms with Crippen LogP contribution in [-0.2, 0) is 0 Å². The molecule has 4 heteroatoms. The Hall–Kier alpha value is -1.58. The largest absolute Gasteiger partial charge is 0.349 e. The van der Waals surface area contributed by atoms with E-state index in [-0.39, 0.29) is 0 Å². The molecular formula is C24H42N4. The van der Waals surface area contributed by atoms with E-state index in [0.29, 0.717) is 0 Å². The Labute approximate surface area is 172 Å². The number of imidazole rings is 1. The molecule has 2 heterocycles. The van der Waals surface area contributed by atoms with Gasteiger partial charge in [0.25, 0.3) is 0 Å². The maximum atomic E-state index is 4.80. The Balaban J connectivity index is 0.000000397. The van der Waals surface area contributed by atoms with E-state index in [2.05, 4.69) is 21.5 Å². The number of rotatable bonds is 1. The molecule has 0 fully saturated rings. The lowest BCUT2D eigenvalue weighted by Crippen LogP contribution is -2.14. The van der Waals surface area contributed by atoms with Gasteiger partial charge in [0.05, 0.1) is 5.71 Å². The number of hydrogen-bond donors (Lipinski definition) is 2. The second-order valence-corrected chi connectivity index (χ2v) is 8.26. The van der Waals surface area contributed by atoms with Crippen LogP contribution in [0.3, 0.4) is 0 Å². The number of aromatic amines is 1. The first-order valence-electron chi connectivity index (χ1n) is 11.8. The summed E-state index contributed by atoms with van der Waals surface area (Å²) in [5, 5.41) is 4.80. The highest BCUT2D eigenvalue weighted by Gasteiger charge is 2.09. The molecule has 0 bridgehead atoms. The van der Waals surface area contributed by atoms with Crippen molar-refractivity contribution in [1.82, 2.24) is 15.4 Å². The van der Waals surface area contributed by atoms with E-state index < -0.39 is 0 Å².